The van der Waals surface area contributed by atoms with Crippen LogP contribution in [0.1, 0.15) is 5.69 Å². The van der Waals surface area contributed by atoms with Gasteiger partial charge in [-0.3, -0.25) is 4.79 Å². The molecule has 1 heterocycles. The van der Waals surface area contributed by atoms with Crippen LogP contribution >= 0.6 is 11.3 Å². The molecule has 0 aromatic carbocycles. The molecule has 0 saturated carbocycles. The Labute approximate surface area is 73.0 Å². The molecule has 5 nitrogen and oxygen atoms in total. The van der Waals surface area contributed by atoms with E-state index in [1.165, 1.54) is 11.3 Å². The van der Waals surface area contributed by atoms with Gasteiger partial charge >= 0.3 is 5.97 Å². The molecular formula is C6H9N3O2S. The molecule has 1 aromatic rings. The Morgan fingerprint density at radius 2 is 2.50 bits per heavy atom. The van der Waals surface area contributed by atoms with Crippen molar-refractivity contribution in [2.45, 2.75) is 12.5 Å². The predicted octanol–water partition coefficient (Wildman–Crippen LogP) is -0.320. The zero-order chi connectivity index (χ0) is 9.14. The smallest absolute Gasteiger partial charge is 0.320 e. The van der Waals surface area contributed by atoms with Crippen LogP contribution in [0.4, 0.5) is 5.13 Å². The van der Waals surface area contributed by atoms with E-state index in [2.05, 4.69) is 4.98 Å². The fraction of sp³-hybridized carbons (Fsp3) is 0.333. The number of hydrogen-bond acceptors (Lipinski definition) is 5. The van der Waals surface area contributed by atoms with Crippen LogP contribution in [0.15, 0.2) is 5.38 Å². The van der Waals surface area contributed by atoms with Gasteiger partial charge in [0.2, 0.25) is 0 Å². The average molecular weight is 187 g/mol. The number of nitrogens with two attached hydrogens (primary N) is 2. The van der Waals surface area contributed by atoms with Gasteiger partial charge in [-0.25, -0.2) is 4.98 Å². The maximum Gasteiger partial charge on any atom is 0.320 e. The standard InChI is InChI=1S/C6H9N3O2S/c7-4(5(10)11)1-3-2-12-6(8)9-3/h2,4H,1,7H2,(H2,8,9)(H,10,11). The maximum atomic E-state index is 10.3. The van der Waals surface area contributed by atoms with E-state index in [4.69, 9.17) is 16.6 Å². The van der Waals surface area contributed by atoms with E-state index in [0.717, 1.165) is 0 Å². The summed E-state index contributed by atoms with van der Waals surface area (Å²) in [5.74, 6) is -1.03. The molecule has 0 aliphatic heterocycles. The summed E-state index contributed by atoms with van der Waals surface area (Å²) in [6.07, 6.45) is 0.225. The van der Waals surface area contributed by atoms with Crippen molar-refractivity contribution in [1.29, 1.82) is 0 Å². The normalized spacial score (nSPS) is 12.8. The third-order valence-electron chi connectivity index (χ3n) is 1.32. The second kappa shape index (κ2) is 3.51. The highest BCUT2D eigenvalue weighted by Crippen LogP contribution is 2.11. The average Bonchev–Trinajstić information content (AvgIpc) is 2.35. The molecule has 12 heavy (non-hydrogen) atoms. The van der Waals surface area contributed by atoms with Gasteiger partial charge in [-0.05, 0) is 0 Å². The summed E-state index contributed by atoms with van der Waals surface area (Å²) in [6, 6.07) is -0.897. The van der Waals surface area contributed by atoms with E-state index in [0.29, 0.717) is 10.8 Å². The number of anilines is 1. The summed E-state index contributed by atoms with van der Waals surface area (Å²) in [6.45, 7) is 0. The highest BCUT2D eigenvalue weighted by atomic mass is 32.1. The van der Waals surface area contributed by atoms with Crippen LogP contribution in [0.2, 0.25) is 0 Å². The van der Waals surface area contributed by atoms with Gasteiger partial charge in [-0.2, -0.15) is 0 Å². The zero-order valence-electron chi connectivity index (χ0n) is 6.23. The minimum absolute atomic E-state index is 0.225. The molecule has 66 valence electrons. The predicted molar refractivity (Wildman–Crippen MR) is 45.8 cm³/mol. The van der Waals surface area contributed by atoms with Crippen molar-refractivity contribution in [3.8, 4) is 0 Å². The topological polar surface area (TPSA) is 102 Å². The van der Waals surface area contributed by atoms with Crippen LogP contribution in [0.3, 0.4) is 0 Å². The molecule has 0 aliphatic rings. The van der Waals surface area contributed by atoms with Crippen LogP contribution in [-0.2, 0) is 11.2 Å². The van der Waals surface area contributed by atoms with Crippen LogP contribution < -0.4 is 11.5 Å². The Bertz CT molecular complexity index is 286. The van der Waals surface area contributed by atoms with Crippen molar-refractivity contribution in [2.24, 2.45) is 5.73 Å². The molecule has 0 amide bonds. The second-order valence-corrected chi connectivity index (χ2v) is 3.22. The van der Waals surface area contributed by atoms with Crippen LogP contribution in [0.5, 0.6) is 0 Å². The van der Waals surface area contributed by atoms with Gasteiger partial charge in [0, 0.05) is 11.8 Å². The maximum absolute atomic E-state index is 10.3. The molecule has 1 unspecified atom stereocenters. The Kier molecular flexibility index (Phi) is 2.61. The number of carbonyl (C=O) groups is 1. The summed E-state index contributed by atoms with van der Waals surface area (Å²) >= 11 is 1.28. The second-order valence-electron chi connectivity index (χ2n) is 2.33. The van der Waals surface area contributed by atoms with Gasteiger partial charge in [0.15, 0.2) is 5.13 Å². The molecule has 6 heteroatoms. The Morgan fingerprint density at radius 1 is 1.83 bits per heavy atom. The van der Waals surface area contributed by atoms with E-state index in [1.807, 2.05) is 0 Å². The van der Waals surface area contributed by atoms with E-state index >= 15 is 0 Å². The van der Waals surface area contributed by atoms with Gasteiger partial charge < -0.3 is 16.6 Å². The van der Waals surface area contributed by atoms with Gasteiger partial charge in [0.05, 0.1) is 5.69 Å². The number of carboxylic acid groups (broad SMARTS) is 1. The number of hydrogen-bond donors (Lipinski definition) is 3. The van der Waals surface area contributed by atoms with E-state index in [-0.39, 0.29) is 6.42 Å². The molecule has 0 radical (unpaired) electrons. The van der Waals surface area contributed by atoms with Gasteiger partial charge in [0.1, 0.15) is 6.04 Å². The van der Waals surface area contributed by atoms with Gasteiger partial charge in [0.25, 0.3) is 0 Å². The molecule has 1 rings (SSSR count). The SMILES string of the molecule is Nc1nc(CC(N)C(=O)O)cs1. The van der Waals surface area contributed by atoms with Gasteiger partial charge in [-0.15, -0.1) is 11.3 Å². The van der Waals surface area contributed by atoms with E-state index in [9.17, 15) is 4.79 Å². The third kappa shape index (κ3) is 2.18. The number of rotatable bonds is 3. The first-order valence-electron chi connectivity index (χ1n) is 3.28. The largest absolute Gasteiger partial charge is 0.480 e. The quantitative estimate of drug-likeness (QED) is 0.601. The highest BCUT2D eigenvalue weighted by Gasteiger charge is 2.13. The number of nitrogen functional groups attached to an aromatic ring is 1. The van der Waals surface area contributed by atoms with Crippen LogP contribution in [0, 0.1) is 0 Å². The number of carboxylic acids is 1. The van der Waals surface area contributed by atoms with Crippen LogP contribution in [-0.4, -0.2) is 22.1 Å². The Balaban J connectivity index is 2.58. The zero-order valence-corrected chi connectivity index (χ0v) is 7.04. The minimum atomic E-state index is -1.03. The Hall–Kier alpha value is -1.14. The molecule has 0 saturated heterocycles. The number of aromatic nitrogens is 1. The molecule has 5 N–H and O–H groups in total. The molecular weight excluding hydrogens is 178 g/mol. The van der Waals surface area contributed by atoms with Crippen LogP contribution in [0.25, 0.3) is 0 Å². The number of thiazole rings is 1. The fourth-order valence-electron chi connectivity index (χ4n) is 0.729. The van der Waals surface area contributed by atoms with E-state index < -0.39 is 12.0 Å². The first kappa shape index (κ1) is 8.95. The highest BCUT2D eigenvalue weighted by molar-refractivity contribution is 7.13. The van der Waals surface area contributed by atoms with Crippen molar-refractivity contribution in [1.82, 2.24) is 4.98 Å². The lowest BCUT2D eigenvalue weighted by atomic mass is 10.2. The van der Waals surface area contributed by atoms with Crippen molar-refractivity contribution in [3.63, 3.8) is 0 Å². The van der Waals surface area contributed by atoms with Crippen molar-refractivity contribution < 1.29 is 9.90 Å². The molecule has 0 bridgehead atoms. The lowest BCUT2D eigenvalue weighted by molar-refractivity contribution is -0.138. The minimum Gasteiger partial charge on any atom is -0.480 e. The summed E-state index contributed by atoms with van der Waals surface area (Å²) in [5.41, 5.74) is 11.3. The van der Waals surface area contributed by atoms with E-state index in [1.54, 1.807) is 5.38 Å². The van der Waals surface area contributed by atoms with Crippen molar-refractivity contribution >= 4 is 22.4 Å². The number of aliphatic carboxylic acids is 1. The van der Waals surface area contributed by atoms with Crippen molar-refractivity contribution in [2.75, 3.05) is 5.73 Å². The molecule has 0 spiro atoms. The third-order valence-corrected chi connectivity index (χ3v) is 2.04. The van der Waals surface area contributed by atoms with Gasteiger partial charge in [-0.1, -0.05) is 0 Å². The Morgan fingerprint density at radius 3 is 2.92 bits per heavy atom. The molecule has 1 atom stereocenters. The summed E-state index contributed by atoms with van der Waals surface area (Å²) < 4.78 is 0. The lowest BCUT2D eigenvalue weighted by Crippen LogP contribution is -2.32. The lowest BCUT2D eigenvalue weighted by Gasteiger charge is -2.01. The monoisotopic (exact) mass is 187 g/mol. The molecule has 0 aliphatic carbocycles. The molecule has 0 fully saturated rings. The number of nitrogens with zero attached hydrogens (tertiary/aromatic N) is 1. The fourth-order valence-corrected chi connectivity index (χ4v) is 1.30. The summed E-state index contributed by atoms with van der Waals surface area (Å²) in [5, 5.41) is 10.6. The summed E-state index contributed by atoms with van der Waals surface area (Å²) in [4.78, 5) is 14.2. The molecule has 1 aromatic heterocycles. The first-order valence-corrected chi connectivity index (χ1v) is 4.16. The first-order chi connectivity index (χ1) is 5.59. The summed E-state index contributed by atoms with van der Waals surface area (Å²) in [7, 11) is 0. The van der Waals surface area contributed by atoms with Crippen molar-refractivity contribution in [3.05, 3.63) is 11.1 Å².